The molecule has 2 unspecified atom stereocenters. The fraction of sp³-hybridized carbons (Fsp3) is 0.750. The molecule has 0 aromatic carbocycles. The van der Waals surface area contributed by atoms with E-state index in [1.807, 2.05) is 6.92 Å². The Kier molecular flexibility index (Phi) is 1.23. The molecule has 1 N–H and O–H groups in total. The quantitative estimate of drug-likeness (QED) is 0.348. The zero-order valence-electron chi connectivity index (χ0n) is 3.94. The maximum atomic E-state index is 10.3. The summed E-state index contributed by atoms with van der Waals surface area (Å²) in [4.78, 5) is 10.3. The molecule has 0 aromatic heterocycles. The predicted molar refractivity (Wildman–Crippen MR) is 35.4 cm³/mol. The predicted octanol–water partition coefficient (Wildman–Crippen LogP) is 0.308. The van der Waals surface area contributed by atoms with Gasteiger partial charge in [-0.15, -0.1) is 0 Å². The maximum Gasteiger partial charge on any atom is 0.235 e. The summed E-state index contributed by atoms with van der Waals surface area (Å²) in [5.74, 6) is 0.174. The first-order valence-corrected chi connectivity index (χ1v) is 3.41. The SMILES string of the molecule is CC1NC(=O)C1I. The fourth-order valence-electron chi connectivity index (χ4n) is 0.508. The average Bonchev–Trinajstić information content (AvgIpc) is 1.68. The van der Waals surface area contributed by atoms with E-state index in [4.69, 9.17) is 0 Å². The number of nitrogens with one attached hydrogen (secondary N) is 1. The van der Waals surface area contributed by atoms with Crippen LogP contribution in [-0.2, 0) is 4.79 Å². The van der Waals surface area contributed by atoms with Gasteiger partial charge in [0.15, 0.2) is 0 Å². The van der Waals surface area contributed by atoms with Crippen molar-refractivity contribution in [2.75, 3.05) is 0 Å². The minimum atomic E-state index is 0.174. The largest absolute Gasteiger partial charge is 0.351 e. The van der Waals surface area contributed by atoms with Crippen LogP contribution in [0.3, 0.4) is 0 Å². The highest BCUT2D eigenvalue weighted by atomic mass is 127. The minimum absolute atomic E-state index is 0.174. The molecule has 0 bridgehead atoms. The van der Waals surface area contributed by atoms with Gasteiger partial charge < -0.3 is 5.32 Å². The molecule has 1 saturated heterocycles. The molecule has 0 aliphatic carbocycles. The van der Waals surface area contributed by atoms with E-state index in [2.05, 4.69) is 27.9 Å². The van der Waals surface area contributed by atoms with Gasteiger partial charge in [0.05, 0.1) is 0 Å². The molecule has 1 aliphatic rings. The summed E-state index contributed by atoms with van der Waals surface area (Å²) < 4.78 is 0.220. The van der Waals surface area contributed by atoms with E-state index >= 15 is 0 Å². The molecule has 3 heteroatoms. The summed E-state index contributed by atoms with van der Waals surface area (Å²) in [7, 11) is 0. The number of amides is 1. The van der Waals surface area contributed by atoms with Gasteiger partial charge in [-0.1, -0.05) is 22.6 Å². The van der Waals surface area contributed by atoms with Gasteiger partial charge in [0, 0.05) is 6.04 Å². The van der Waals surface area contributed by atoms with E-state index in [9.17, 15) is 4.79 Å². The van der Waals surface area contributed by atoms with Crippen molar-refractivity contribution >= 4 is 28.5 Å². The van der Waals surface area contributed by atoms with Crippen LogP contribution in [0, 0.1) is 0 Å². The summed E-state index contributed by atoms with van der Waals surface area (Å²) in [6.07, 6.45) is 0. The van der Waals surface area contributed by atoms with Gasteiger partial charge >= 0.3 is 0 Å². The Balaban J connectivity index is 2.43. The topological polar surface area (TPSA) is 29.1 Å². The van der Waals surface area contributed by atoms with Crippen LogP contribution in [0.4, 0.5) is 0 Å². The standard InChI is InChI=1S/C4H6INO/c1-2-3(5)4(7)6-2/h2-3H,1H3,(H,6,7). The third-order valence-electron chi connectivity index (χ3n) is 1.06. The van der Waals surface area contributed by atoms with Crippen molar-refractivity contribution < 1.29 is 4.79 Å². The number of alkyl halides is 1. The molecule has 0 aromatic rings. The van der Waals surface area contributed by atoms with Crippen molar-refractivity contribution in [2.45, 2.75) is 16.9 Å². The first kappa shape index (κ1) is 5.34. The zero-order valence-corrected chi connectivity index (χ0v) is 6.10. The second kappa shape index (κ2) is 1.61. The number of hydrogen-bond donors (Lipinski definition) is 1. The van der Waals surface area contributed by atoms with Gasteiger partial charge in [0.1, 0.15) is 3.92 Å². The maximum absolute atomic E-state index is 10.3. The van der Waals surface area contributed by atoms with Crippen molar-refractivity contribution in [1.82, 2.24) is 5.32 Å². The molecule has 1 rings (SSSR count). The van der Waals surface area contributed by atoms with Crippen LogP contribution in [0.2, 0.25) is 0 Å². The van der Waals surface area contributed by atoms with Crippen molar-refractivity contribution in [3.63, 3.8) is 0 Å². The number of carbonyl (C=O) groups is 1. The Morgan fingerprint density at radius 3 is 2.43 bits per heavy atom. The van der Waals surface area contributed by atoms with Crippen molar-refractivity contribution in [3.8, 4) is 0 Å². The summed E-state index contributed by atoms with van der Waals surface area (Å²) in [5.41, 5.74) is 0. The third kappa shape index (κ3) is 0.735. The van der Waals surface area contributed by atoms with E-state index in [1.54, 1.807) is 0 Å². The molecule has 0 saturated carbocycles. The normalized spacial score (nSPS) is 39.4. The van der Waals surface area contributed by atoms with Gasteiger partial charge in [-0.25, -0.2) is 0 Å². The molecule has 1 aliphatic heterocycles. The lowest BCUT2D eigenvalue weighted by atomic mass is 10.1. The Bertz CT molecular complexity index is 104. The molecule has 0 radical (unpaired) electrons. The van der Waals surface area contributed by atoms with Crippen LogP contribution in [0.1, 0.15) is 6.92 Å². The lowest BCUT2D eigenvalue weighted by molar-refractivity contribution is -0.126. The van der Waals surface area contributed by atoms with E-state index in [1.165, 1.54) is 0 Å². The Morgan fingerprint density at radius 1 is 1.86 bits per heavy atom. The van der Waals surface area contributed by atoms with Gasteiger partial charge in [-0.05, 0) is 6.92 Å². The summed E-state index contributed by atoms with van der Waals surface area (Å²) in [5, 5.41) is 2.71. The highest BCUT2D eigenvalue weighted by Crippen LogP contribution is 2.14. The molecule has 1 fully saturated rings. The van der Waals surface area contributed by atoms with E-state index in [0.29, 0.717) is 6.04 Å². The Labute approximate surface area is 55.8 Å². The molecule has 1 amide bonds. The Hall–Kier alpha value is 0.200. The second-order valence-electron chi connectivity index (χ2n) is 1.70. The number of β-lactam (4-membered cyclic amide) rings is 1. The number of hydrogen-bond acceptors (Lipinski definition) is 1. The van der Waals surface area contributed by atoms with Crippen LogP contribution in [-0.4, -0.2) is 15.9 Å². The number of rotatable bonds is 0. The van der Waals surface area contributed by atoms with Gasteiger partial charge in [-0.3, -0.25) is 4.79 Å². The third-order valence-corrected chi connectivity index (χ3v) is 2.70. The molecular weight excluding hydrogens is 205 g/mol. The van der Waals surface area contributed by atoms with Crippen molar-refractivity contribution in [2.24, 2.45) is 0 Å². The van der Waals surface area contributed by atoms with Crippen molar-refractivity contribution in [1.29, 1.82) is 0 Å². The van der Waals surface area contributed by atoms with E-state index < -0.39 is 0 Å². The zero-order chi connectivity index (χ0) is 5.44. The summed E-state index contributed by atoms with van der Waals surface area (Å²) >= 11 is 2.13. The van der Waals surface area contributed by atoms with Gasteiger partial charge in [-0.2, -0.15) is 0 Å². The monoisotopic (exact) mass is 211 g/mol. The van der Waals surface area contributed by atoms with Gasteiger partial charge in [0.25, 0.3) is 0 Å². The molecule has 1 heterocycles. The molecule has 2 nitrogen and oxygen atoms in total. The van der Waals surface area contributed by atoms with Crippen LogP contribution in [0.5, 0.6) is 0 Å². The number of halogens is 1. The Morgan fingerprint density at radius 2 is 2.43 bits per heavy atom. The van der Waals surface area contributed by atoms with Crippen LogP contribution in [0.25, 0.3) is 0 Å². The highest BCUT2D eigenvalue weighted by molar-refractivity contribution is 14.1. The molecular formula is C4H6INO. The van der Waals surface area contributed by atoms with E-state index in [-0.39, 0.29) is 9.83 Å². The average molecular weight is 211 g/mol. The van der Waals surface area contributed by atoms with Crippen molar-refractivity contribution in [3.05, 3.63) is 0 Å². The fourth-order valence-corrected chi connectivity index (χ4v) is 0.868. The molecule has 40 valence electrons. The number of carbonyl (C=O) groups excluding carboxylic acids is 1. The summed E-state index contributed by atoms with van der Waals surface area (Å²) in [6.45, 7) is 2.00. The van der Waals surface area contributed by atoms with Gasteiger partial charge in [0.2, 0.25) is 5.91 Å². The van der Waals surface area contributed by atoms with Crippen LogP contribution in [0.15, 0.2) is 0 Å². The lowest BCUT2D eigenvalue weighted by Gasteiger charge is -2.28. The lowest BCUT2D eigenvalue weighted by Crippen LogP contribution is -2.57. The highest BCUT2D eigenvalue weighted by Gasteiger charge is 2.32. The van der Waals surface area contributed by atoms with Crippen LogP contribution >= 0.6 is 22.6 Å². The first-order valence-electron chi connectivity index (χ1n) is 2.16. The molecule has 7 heavy (non-hydrogen) atoms. The smallest absolute Gasteiger partial charge is 0.235 e. The molecule has 2 atom stereocenters. The first-order chi connectivity index (χ1) is 3.22. The summed E-state index contributed by atoms with van der Waals surface area (Å²) in [6, 6.07) is 0.396. The van der Waals surface area contributed by atoms with E-state index in [0.717, 1.165) is 0 Å². The second-order valence-corrected chi connectivity index (χ2v) is 3.04. The van der Waals surface area contributed by atoms with Crippen LogP contribution < -0.4 is 5.32 Å². The minimum Gasteiger partial charge on any atom is -0.351 e. The molecule has 0 spiro atoms.